The summed E-state index contributed by atoms with van der Waals surface area (Å²) < 4.78 is 1.52. The Hall–Kier alpha value is -3.71. The molecule has 29 heavy (non-hydrogen) atoms. The Morgan fingerprint density at radius 3 is 2.41 bits per heavy atom. The predicted octanol–water partition coefficient (Wildman–Crippen LogP) is 3.32. The van der Waals surface area contributed by atoms with Crippen molar-refractivity contribution in [2.75, 3.05) is 5.73 Å². The number of hydrogen-bond acceptors (Lipinski definition) is 5. The molecule has 8 heteroatoms. The molecule has 2 aromatic carbocycles. The van der Waals surface area contributed by atoms with Gasteiger partial charge in [0.1, 0.15) is 12.1 Å². The molecular weight excluding hydrogens is 388 g/mol. The van der Waals surface area contributed by atoms with Crippen molar-refractivity contribution in [2.45, 2.75) is 6.04 Å². The van der Waals surface area contributed by atoms with Crippen LogP contribution >= 0.6 is 11.6 Å². The van der Waals surface area contributed by atoms with Gasteiger partial charge in [-0.3, -0.25) is 9.48 Å². The first-order valence-electron chi connectivity index (χ1n) is 8.80. The molecule has 0 aliphatic carbocycles. The molecule has 0 fully saturated rings. The van der Waals surface area contributed by atoms with Crippen molar-refractivity contribution in [3.8, 4) is 22.4 Å². The van der Waals surface area contributed by atoms with Gasteiger partial charge in [-0.25, -0.2) is 9.97 Å². The van der Waals surface area contributed by atoms with Crippen LogP contribution in [0.3, 0.4) is 0 Å². The van der Waals surface area contributed by atoms with Crippen LogP contribution in [0.2, 0.25) is 5.02 Å². The molecule has 0 bridgehead atoms. The first-order chi connectivity index (χ1) is 14.0. The molecule has 1 atom stereocenters. The van der Waals surface area contributed by atoms with Gasteiger partial charge in [-0.15, -0.1) is 0 Å². The lowest BCUT2D eigenvalue weighted by Gasteiger charge is -2.14. The highest BCUT2D eigenvalue weighted by Crippen LogP contribution is 2.34. The third kappa shape index (κ3) is 3.68. The van der Waals surface area contributed by atoms with Crippen LogP contribution in [-0.4, -0.2) is 25.7 Å². The van der Waals surface area contributed by atoms with Gasteiger partial charge in [0.15, 0.2) is 6.04 Å². The van der Waals surface area contributed by atoms with E-state index in [0.717, 1.165) is 11.1 Å². The van der Waals surface area contributed by atoms with Crippen LogP contribution in [0.15, 0.2) is 73.3 Å². The Morgan fingerprint density at radius 2 is 1.72 bits per heavy atom. The number of hydrogen-bond donors (Lipinski definition) is 2. The number of rotatable bonds is 5. The summed E-state index contributed by atoms with van der Waals surface area (Å²) in [6, 6.07) is 15.7. The van der Waals surface area contributed by atoms with Gasteiger partial charge >= 0.3 is 0 Å². The molecule has 0 saturated heterocycles. The maximum Gasteiger partial charge on any atom is 0.246 e. The van der Waals surface area contributed by atoms with Crippen LogP contribution in [0, 0.1) is 0 Å². The molecule has 4 N–H and O–H groups in total. The smallest absolute Gasteiger partial charge is 0.246 e. The van der Waals surface area contributed by atoms with Crippen molar-refractivity contribution in [3.63, 3.8) is 0 Å². The number of carbonyl (C=O) groups is 1. The van der Waals surface area contributed by atoms with E-state index in [1.54, 1.807) is 24.5 Å². The molecule has 0 aliphatic heterocycles. The van der Waals surface area contributed by atoms with Gasteiger partial charge in [0.05, 0.1) is 17.5 Å². The summed E-state index contributed by atoms with van der Waals surface area (Å²) in [5.41, 5.74) is 15.3. The largest absolute Gasteiger partial charge is 0.383 e. The fourth-order valence-electron chi connectivity index (χ4n) is 3.20. The maximum absolute atomic E-state index is 12.1. The van der Waals surface area contributed by atoms with Gasteiger partial charge in [0.25, 0.3) is 0 Å². The Balaban J connectivity index is 1.80. The second kappa shape index (κ2) is 7.73. The van der Waals surface area contributed by atoms with Gasteiger partial charge in [-0.1, -0.05) is 54.1 Å². The minimum atomic E-state index is -0.733. The highest BCUT2D eigenvalue weighted by Gasteiger charge is 2.22. The molecule has 4 aromatic rings. The average molecular weight is 405 g/mol. The Morgan fingerprint density at radius 1 is 1.00 bits per heavy atom. The van der Waals surface area contributed by atoms with E-state index in [9.17, 15) is 4.79 Å². The molecular formula is C21H17ClN6O. The van der Waals surface area contributed by atoms with Gasteiger partial charge in [0, 0.05) is 16.8 Å². The van der Waals surface area contributed by atoms with E-state index in [1.807, 2.05) is 42.5 Å². The lowest BCUT2D eigenvalue weighted by Crippen LogP contribution is -2.27. The zero-order chi connectivity index (χ0) is 20.4. The van der Waals surface area contributed by atoms with E-state index in [-0.39, 0.29) is 0 Å². The van der Waals surface area contributed by atoms with Crippen LogP contribution in [0.5, 0.6) is 0 Å². The van der Waals surface area contributed by atoms with E-state index in [1.165, 1.54) is 11.0 Å². The number of nitrogens with zero attached hydrogens (tertiary/aromatic N) is 4. The molecule has 0 saturated carbocycles. The monoisotopic (exact) mass is 404 g/mol. The third-order valence-corrected chi connectivity index (χ3v) is 4.79. The highest BCUT2D eigenvalue weighted by atomic mass is 35.5. The van der Waals surface area contributed by atoms with Crippen molar-refractivity contribution < 1.29 is 4.79 Å². The van der Waals surface area contributed by atoms with E-state index < -0.39 is 11.9 Å². The summed E-state index contributed by atoms with van der Waals surface area (Å²) in [5.74, 6) is -0.175. The quantitative estimate of drug-likeness (QED) is 0.529. The van der Waals surface area contributed by atoms with E-state index >= 15 is 0 Å². The molecule has 144 valence electrons. The number of nitrogens with two attached hydrogens (primary N) is 2. The molecule has 0 spiro atoms. The van der Waals surface area contributed by atoms with Crippen molar-refractivity contribution >= 4 is 23.3 Å². The van der Waals surface area contributed by atoms with E-state index in [2.05, 4.69) is 15.1 Å². The number of carbonyl (C=O) groups excluding carboxylic acids is 1. The lowest BCUT2D eigenvalue weighted by atomic mass is 10.0. The Labute approximate surface area is 172 Å². The summed E-state index contributed by atoms with van der Waals surface area (Å²) >= 11 is 6.00. The molecule has 1 amide bonds. The first-order valence-corrected chi connectivity index (χ1v) is 9.17. The second-order valence-electron chi connectivity index (χ2n) is 6.41. The maximum atomic E-state index is 12.1. The van der Waals surface area contributed by atoms with Crippen LogP contribution < -0.4 is 11.5 Å². The van der Waals surface area contributed by atoms with Crippen LogP contribution in [0.1, 0.15) is 11.6 Å². The summed E-state index contributed by atoms with van der Waals surface area (Å²) in [7, 11) is 0. The van der Waals surface area contributed by atoms with E-state index in [0.29, 0.717) is 27.7 Å². The lowest BCUT2D eigenvalue weighted by molar-refractivity contribution is -0.120. The highest BCUT2D eigenvalue weighted by molar-refractivity contribution is 6.30. The number of benzene rings is 2. The standard InChI is InChI=1S/C21H17ClN6O/c22-16-8-6-13(7-9-16)17-18(25-12-26-20(17)23)15-10-27-28(11-15)19(21(24)29)14-4-2-1-3-5-14/h1-12,19H,(H2,24,29)(H2,23,25,26). The minimum absolute atomic E-state index is 0.333. The molecule has 2 heterocycles. The molecule has 0 aliphatic rings. The summed E-state index contributed by atoms with van der Waals surface area (Å²) in [6.45, 7) is 0. The fourth-order valence-corrected chi connectivity index (χ4v) is 3.33. The van der Waals surface area contributed by atoms with Gasteiger partial charge in [-0.2, -0.15) is 5.10 Å². The first kappa shape index (κ1) is 18.6. The van der Waals surface area contributed by atoms with Crippen LogP contribution in [0.25, 0.3) is 22.4 Å². The van der Waals surface area contributed by atoms with Crippen molar-refractivity contribution in [1.82, 2.24) is 19.7 Å². The molecule has 4 rings (SSSR count). The fraction of sp³-hybridized carbons (Fsp3) is 0.0476. The van der Waals surface area contributed by atoms with Crippen LogP contribution in [-0.2, 0) is 4.79 Å². The van der Waals surface area contributed by atoms with Gasteiger partial charge in [-0.05, 0) is 23.3 Å². The van der Waals surface area contributed by atoms with Crippen molar-refractivity contribution in [1.29, 1.82) is 0 Å². The number of aromatic nitrogens is 4. The molecule has 2 aromatic heterocycles. The summed E-state index contributed by atoms with van der Waals surface area (Å²) in [5, 5.41) is 4.98. The summed E-state index contributed by atoms with van der Waals surface area (Å²) in [6.07, 6.45) is 4.74. The van der Waals surface area contributed by atoms with E-state index in [4.69, 9.17) is 23.1 Å². The predicted molar refractivity (Wildman–Crippen MR) is 112 cm³/mol. The molecule has 0 radical (unpaired) electrons. The topological polar surface area (TPSA) is 113 Å². The zero-order valence-corrected chi connectivity index (χ0v) is 16.0. The molecule has 7 nitrogen and oxygen atoms in total. The Kier molecular flexibility index (Phi) is 4.97. The number of anilines is 1. The number of primary amides is 1. The van der Waals surface area contributed by atoms with Crippen LogP contribution in [0.4, 0.5) is 5.82 Å². The Bertz CT molecular complexity index is 1160. The minimum Gasteiger partial charge on any atom is -0.383 e. The van der Waals surface area contributed by atoms with Crippen molar-refractivity contribution in [2.24, 2.45) is 5.73 Å². The van der Waals surface area contributed by atoms with Crippen molar-refractivity contribution in [3.05, 3.63) is 83.9 Å². The normalized spacial score (nSPS) is 11.9. The van der Waals surface area contributed by atoms with Gasteiger partial charge in [0.2, 0.25) is 5.91 Å². The zero-order valence-electron chi connectivity index (χ0n) is 15.2. The number of halogens is 1. The third-order valence-electron chi connectivity index (χ3n) is 4.53. The average Bonchev–Trinajstić information content (AvgIpc) is 3.19. The second-order valence-corrected chi connectivity index (χ2v) is 6.85. The van der Waals surface area contributed by atoms with Gasteiger partial charge < -0.3 is 11.5 Å². The summed E-state index contributed by atoms with van der Waals surface area (Å²) in [4.78, 5) is 20.6. The molecule has 1 unspecified atom stereocenters. The SMILES string of the molecule is NC(=O)C(c1ccccc1)n1cc(-c2ncnc(N)c2-c2ccc(Cl)cc2)cn1. The number of nitrogen functional groups attached to an aromatic ring is 1. The number of amides is 1.